The van der Waals surface area contributed by atoms with Gasteiger partial charge in [-0.1, -0.05) is 23.9 Å². The van der Waals surface area contributed by atoms with E-state index in [0.29, 0.717) is 16.6 Å². The number of carbonyl (C=O) groups excluding carboxylic acids is 1. The molecule has 7 nitrogen and oxygen atoms in total. The molecule has 2 aromatic rings. The molecule has 0 saturated heterocycles. The Labute approximate surface area is 120 Å². The summed E-state index contributed by atoms with van der Waals surface area (Å²) in [5.74, 6) is 0.725. The molecule has 0 spiro atoms. The maximum absolute atomic E-state index is 11.8. The van der Waals surface area contributed by atoms with Gasteiger partial charge in [-0.2, -0.15) is 4.98 Å². The fraction of sp³-hybridized carbons (Fsp3) is 0.167. The van der Waals surface area contributed by atoms with Gasteiger partial charge >= 0.3 is 0 Å². The third-order valence-corrected chi connectivity index (χ3v) is 3.14. The van der Waals surface area contributed by atoms with E-state index in [4.69, 9.17) is 10.5 Å². The van der Waals surface area contributed by atoms with E-state index in [1.807, 2.05) is 12.1 Å². The van der Waals surface area contributed by atoms with Crippen LogP contribution in [0.3, 0.4) is 0 Å². The molecular weight excluding hydrogens is 278 g/mol. The van der Waals surface area contributed by atoms with Crippen molar-refractivity contribution >= 4 is 29.3 Å². The van der Waals surface area contributed by atoms with Gasteiger partial charge in [0.1, 0.15) is 12.1 Å². The molecule has 1 heterocycles. The van der Waals surface area contributed by atoms with Crippen LogP contribution in [0.25, 0.3) is 0 Å². The van der Waals surface area contributed by atoms with Gasteiger partial charge in [-0.3, -0.25) is 4.79 Å². The number of benzene rings is 1. The topological polar surface area (TPSA) is 103 Å². The summed E-state index contributed by atoms with van der Waals surface area (Å²) in [7, 11) is 1.55. The second-order valence-corrected chi connectivity index (χ2v) is 4.61. The van der Waals surface area contributed by atoms with E-state index >= 15 is 0 Å². The molecule has 0 aliphatic rings. The van der Waals surface area contributed by atoms with Crippen molar-refractivity contribution in [1.29, 1.82) is 0 Å². The molecule has 1 aromatic heterocycles. The highest BCUT2D eigenvalue weighted by Crippen LogP contribution is 2.23. The number of nitrogens with two attached hydrogens (primary N) is 1. The molecule has 20 heavy (non-hydrogen) atoms. The standard InChI is InChI=1S/C12H13N5O2S/c1-19-9-5-3-2-4-8(9)16-10(18)6-20-12-15-7-14-11(13)17-12/h2-5,7H,6H2,1H3,(H,16,18)(H2,13,14,15,17). The highest BCUT2D eigenvalue weighted by atomic mass is 32.2. The molecule has 0 radical (unpaired) electrons. The molecule has 104 valence electrons. The first kappa shape index (κ1) is 14.1. The van der Waals surface area contributed by atoms with Crippen molar-refractivity contribution < 1.29 is 9.53 Å². The number of nitrogens with one attached hydrogen (secondary N) is 1. The maximum Gasteiger partial charge on any atom is 0.234 e. The van der Waals surface area contributed by atoms with Gasteiger partial charge in [0.15, 0.2) is 5.16 Å². The minimum atomic E-state index is -0.182. The van der Waals surface area contributed by atoms with Crippen LogP contribution in [0.2, 0.25) is 0 Å². The summed E-state index contributed by atoms with van der Waals surface area (Å²) in [4.78, 5) is 23.3. The lowest BCUT2D eigenvalue weighted by atomic mass is 10.3. The Balaban J connectivity index is 1.93. The van der Waals surface area contributed by atoms with E-state index in [1.165, 1.54) is 18.1 Å². The van der Waals surface area contributed by atoms with E-state index in [1.54, 1.807) is 19.2 Å². The maximum atomic E-state index is 11.8. The smallest absolute Gasteiger partial charge is 0.234 e. The summed E-state index contributed by atoms with van der Waals surface area (Å²) in [6.07, 6.45) is 1.31. The van der Waals surface area contributed by atoms with Gasteiger partial charge in [0, 0.05) is 0 Å². The molecule has 0 saturated carbocycles. The SMILES string of the molecule is COc1ccccc1NC(=O)CSc1ncnc(N)n1. The summed E-state index contributed by atoms with van der Waals surface area (Å²) in [6, 6.07) is 7.19. The second kappa shape index (κ2) is 6.71. The average Bonchev–Trinajstić information content (AvgIpc) is 2.46. The number of ether oxygens (including phenoxy) is 1. The number of nitrogen functional groups attached to an aromatic ring is 1. The summed E-state index contributed by atoms with van der Waals surface area (Å²) < 4.78 is 5.15. The fourth-order valence-electron chi connectivity index (χ4n) is 1.43. The molecular formula is C12H13N5O2S. The van der Waals surface area contributed by atoms with Gasteiger partial charge in [-0.05, 0) is 12.1 Å². The Kier molecular flexibility index (Phi) is 4.72. The predicted octanol–water partition coefficient (Wildman–Crippen LogP) is 1.19. The van der Waals surface area contributed by atoms with Gasteiger partial charge in [0.2, 0.25) is 11.9 Å². The number of carbonyl (C=O) groups is 1. The average molecular weight is 291 g/mol. The highest BCUT2D eigenvalue weighted by Gasteiger charge is 2.08. The van der Waals surface area contributed by atoms with Crippen molar-refractivity contribution in [2.75, 3.05) is 23.9 Å². The van der Waals surface area contributed by atoms with Crippen LogP contribution in [0.1, 0.15) is 0 Å². The Bertz CT molecular complexity index is 608. The van der Waals surface area contributed by atoms with Crippen LogP contribution < -0.4 is 15.8 Å². The Morgan fingerprint density at radius 3 is 2.95 bits per heavy atom. The lowest BCUT2D eigenvalue weighted by Crippen LogP contribution is -2.15. The van der Waals surface area contributed by atoms with E-state index < -0.39 is 0 Å². The zero-order valence-electron chi connectivity index (χ0n) is 10.7. The highest BCUT2D eigenvalue weighted by molar-refractivity contribution is 7.99. The third-order valence-electron chi connectivity index (χ3n) is 2.28. The number of para-hydroxylation sites is 2. The summed E-state index contributed by atoms with van der Waals surface area (Å²) >= 11 is 1.18. The molecule has 0 unspecified atom stereocenters. The van der Waals surface area contributed by atoms with Crippen LogP contribution in [0.4, 0.5) is 11.6 Å². The Morgan fingerprint density at radius 1 is 1.40 bits per heavy atom. The second-order valence-electron chi connectivity index (χ2n) is 3.66. The van der Waals surface area contributed by atoms with E-state index in [9.17, 15) is 4.79 Å². The molecule has 2 rings (SSSR count). The van der Waals surface area contributed by atoms with Crippen LogP contribution >= 0.6 is 11.8 Å². The number of hydrogen-bond donors (Lipinski definition) is 2. The van der Waals surface area contributed by atoms with E-state index in [0.717, 1.165) is 0 Å². The molecule has 0 aliphatic carbocycles. The molecule has 0 bridgehead atoms. The van der Waals surface area contributed by atoms with Crippen LogP contribution in [0.15, 0.2) is 35.7 Å². The van der Waals surface area contributed by atoms with Crippen LogP contribution in [0, 0.1) is 0 Å². The number of rotatable bonds is 5. The zero-order valence-corrected chi connectivity index (χ0v) is 11.6. The van der Waals surface area contributed by atoms with Gasteiger partial charge in [-0.25, -0.2) is 9.97 Å². The van der Waals surface area contributed by atoms with Crippen molar-refractivity contribution in [3.8, 4) is 5.75 Å². The number of thioether (sulfide) groups is 1. The number of methoxy groups -OCH3 is 1. The van der Waals surface area contributed by atoms with E-state index in [-0.39, 0.29) is 17.6 Å². The number of aromatic nitrogens is 3. The number of hydrogen-bond acceptors (Lipinski definition) is 7. The number of anilines is 2. The van der Waals surface area contributed by atoms with Crippen LogP contribution in [0.5, 0.6) is 5.75 Å². The molecule has 0 atom stereocenters. The molecule has 0 fully saturated rings. The zero-order chi connectivity index (χ0) is 14.4. The third kappa shape index (κ3) is 3.82. The molecule has 1 aromatic carbocycles. The van der Waals surface area contributed by atoms with Crippen molar-refractivity contribution in [2.45, 2.75) is 5.16 Å². The fourth-order valence-corrected chi connectivity index (χ4v) is 2.04. The van der Waals surface area contributed by atoms with Crippen molar-refractivity contribution in [2.24, 2.45) is 0 Å². The first-order valence-corrected chi connectivity index (χ1v) is 6.68. The van der Waals surface area contributed by atoms with Gasteiger partial charge in [-0.15, -0.1) is 0 Å². The van der Waals surface area contributed by atoms with Gasteiger partial charge < -0.3 is 15.8 Å². The molecule has 1 amide bonds. The van der Waals surface area contributed by atoms with Crippen LogP contribution in [-0.2, 0) is 4.79 Å². The first-order chi connectivity index (χ1) is 9.69. The normalized spacial score (nSPS) is 10.1. The first-order valence-electron chi connectivity index (χ1n) is 5.69. The summed E-state index contributed by atoms with van der Waals surface area (Å²) in [6.45, 7) is 0. The van der Waals surface area contributed by atoms with Crippen LogP contribution in [-0.4, -0.2) is 33.7 Å². The number of amides is 1. The minimum Gasteiger partial charge on any atom is -0.495 e. The van der Waals surface area contributed by atoms with Gasteiger partial charge in [0.05, 0.1) is 18.6 Å². The molecule has 0 aliphatic heterocycles. The monoisotopic (exact) mass is 291 g/mol. The lowest BCUT2D eigenvalue weighted by Gasteiger charge is -2.09. The van der Waals surface area contributed by atoms with E-state index in [2.05, 4.69) is 20.3 Å². The Hall–Kier alpha value is -2.35. The lowest BCUT2D eigenvalue weighted by molar-refractivity contribution is -0.113. The molecule has 3 N–H and O–H groups in total. The van der Waals surface area contributed by atoms with Crippen molar-refractivity contribution in [3.05, 3.63) is 30.6 Å². The molecule has 8 heteroatoms. The summed E-state index contributed by atoms with van der Waals surface area (Å²) in [5.41, 5.74) is 6.05. The largest absolute Gasteiger partial charge is 0.495 e. The Morgan fingerprint density at radius 2 is 2.20 bits per heavy atom. The minimum absolute atomic E-state index is 0.132. The van der Waals surface area contributed by atoms with Crippen molar-refractivity contribution in [3.63, 3.8) is 0 Å². The quantitative estimate of drug-likeness (QED) is 0.797. The van der Waals surface area contributed by atoms with Crippen molar-refractivity contribution in [1.82, 2.24) is 15.0 Å². The van der Waals surface area contributed by atoms with Gasteiger partial charge in [0.25, 0.3) is 0 Å². The predicted molar refractivity (Wildman–Crippen MR) is 76.6 cm³/mol. The summed E-state index contributed by atoms with van der Waals surface area (Å²) in [5, 5.41) is 3.17. The number of nitrogens with zero attached hydrogens (tertiary/aromatic N) is 3.